The summed E-state index contributed by atoms with van der Waals surface area (Å²) < 4.78 is 13.1. The van der Waals surface area contributed by atoms with Crippen molar-refractivity contribution in [3.63, 3.8) is 0 Å². The molecule has 2 aromatic carbocycles. The Kier molecular flexibility index (Phi) is 5.41. The van der Waals surface area contributed by atoms with E-state index in [0.29, 0.717) is 18.5 Å². The van der Waals surface area contributed by atoms with Crippen LogP contribution in [0.1, 0.15) is 24.0 Å². The second kappa shape index (κ2) is 7.49. The van der Waals surface area contributed by atoms with Crippen molar-refractivity contribution in [1.82, 2.24) is 5.32 Å². The maximum absolute atomic E-state index is 13.1. The Balaban J connectivity index is 1.92. The summed E-state index contributed by atoms with van der Waals surface area (Å²) in [4.78, 5) is 22.4. The van der Waals surface area contributed by atoms with E-state index in [-0.39, 0.29) is 17.4 Å². The Hall–Kier alpha value is -2.76. The lowest BCUT2D eigenvalue weighted by molar-refractivity contribution is -0.384. The average Bonchev–Trinajstić information content (AvgIpc) is 2.54. The van der Waals surface area contributed by atoms with Gasteiger partial charge in [0.25, 0.3) is 5.69 Å². The van der Waals surface area contributed by atoms with Crippen molar-refractivity contribution in [3.05, 3.63) is 75.6 Å². The summed E-state index contributed by atoms with van der Waals surface area (Å²) in [6.45, 7) is 2.07. The molecule has 0 aliphatic rings. The van der Waals surface area contributed by atoms with Gasteiger partial charge in [0.15, 0.2) is 0 Å². The molecule has 23 heavy (non-hydrogen) atoms. The van der Waals surface area contributed by atoms with Gasteiger partial charge in [-0.15, -0.1) is 0 Å². The third kappa shape index (κ3) is 4.60. The van der Waals surface area contributed by atoms with Gasteiger partial charge in [0.2, 0.25) is 5.91 Å². The Morgan fingerprint density at radius 3 is 2.70 bits per heavy atom. The molecular formula is C17H17FN2O3. The van der Waals surface area contributed by atoms with E-state index >= 15 is 0 Å². The fourth-order valence-electron chi connectivity index (χ4n) is 2.23. The molecule has 0 spiro atoms. The smallest absolute Gasteiger partial charge is 0.269 e. The minimum Gasteiger partial charge on any atom is -0.355 e. The Labute approximate surface area is 133 Å². The van der Waals surface area contributed by atoms with Crippen LogP contribution in [0.15, 0.2) is 48.5 Å². The standard InChI is InChI=1S/C17H17FN2O3/c1-12(14-5-3-7-16(11-14)20(22)23)17(21)19-9-8-13-4-2-6-15(18)10-13/h2-7,10-12H,8-9H2,1H3,(H,19,21)/t12-/m1/s1. The van der Waals surface area contributed by atoms with E-state index in [2.05, 4.69) is 5.32 Å². The molecule has 0 saturated heterocycles. The van der Waals surface area contributed by atoms with Crippen LogP contribution in [0.4, 0.5) is 10.1 Å². The number of rotatable bonds is 6. The minimum absolute atomic E-state index is 0.0399. The zero-order valence-corrected chi connectivity index (χ0v) is 12.7. The van der Waals surface area contributed by atoms with Gasteiger partial charge in [-0.05, 0) is 36.6 Å². The van der Waals surface area contributed by atoms with E-state index in [1.165, 1.54) is 24.3 Å². The largest absolute Gasteiger partial charge is 0.355 e. The van der Waals surface area contributed by atoms with Crippen LogP contribution in [0.25, 0.3) is 0 Å². The van der Waals surface area contributed by atoms with Crippen LogP contribution in [-0.4, -0.2) is 17.4 Å². The number of nitrogens with zero attached hydrogens (tertiary/aromatic N) is 1. The molecule has 2 aromatic rings. The normalized spacial score (nSPS) is 11.7. The van der Waals surface area contributed by atoms with Crippen LogP contribution in [0.2, 0.25) is 0 Å². The van der Waals surface area contributed by atoms with Crippen LogP contribution in [0.3, 0.4) is 0 Å². The van der Waals surface area contributed by atoms with E-state index in [0.717, 1.165) is 5.56 Å². The Morgan fingerprint density at radius 2 is 2.00 bits per heavy atom. The second-order valence-electron chi connectivity index (χ2n) is 5.24. The van der Waals surface area contributed by atoms with E-state index in [9.17, 15) is 19.3 Å². The molecule has 0 aromatic heterocycles. The zero-order chi connectivity index (χ0) is 16.8. The molecule has 120 valence electrons. The van der Waals surface area contributed by atoms with Gasteiger partial charge in [0, 0.05) is 18.7 Å². The lowest BCUT2D eigenvalue weighted by atomic mass is 10.00. The molecule has 0 fully saturated rings. The topological polar surface area (TPSA) is 72.2 Å². The molecule has 0 bridgehead atoms. The van der Waals surface area contributed by atoms with Crippen molar-refractivity contribution in [3.8, 4) is 0 Å². The third-order valence-electron chi connectivity index (χ3n) is 3.58. The van der Waals surface area contributed by atoms with Crippen LogP contribution in [0.5, 0.6) is 0 Å². The zero-order valence-electron chi connectivity index (χ0n) is 12.7. The molecule has 1 amide bonds. The van der Waals surface area contributed by atoms with Gasteiger partial charge in [-0.1, -0.05) is 24.3 Å². The monoisotopic (exact) mass is 316 g/mol. The van der Waals surface area contributed by atoms with Gasteiger partial charge in [-0.2, -0.15) is 0 Å². The van der Waals surface area contributed by atoms with Crippen LogP contribution < -0.4 is 5.32 Å². The number of carbonyl (C=O) groups is 1. The molecule has 0 aliphatic carbocycles. The fourth-order valence-corrected chi connectivity index (χ4v) is 2.23. The SMILES string of the molecule is C[C@@H](C(=O)NCCc1cccc(F)c1)c1cccc([N+](=O)[O-])c1. The predicted octanol–water partition coefficient (Wildman–Crippen LogP) is 3.20. The molecule has 0 heterocycles. The van der Waals surface area contributed by atoms with E-state index in [1.54, 1.807) is 31.2 Å². The highest BCUT2D eigenvalue weighted by Gasteiger charge is 2.17. The van der Waals surface area contributed by atoms with E-state index < -0.39 is 10.8 Å². The van der Waals surface area contributed by atoms with Crippen molar-refractivity contribution in [2.24, 2.45) is 0 Å². The van der Waals surface area contributed by atoms with Crippen molar-refractivity contribution in [2.75, 3.05) is 6.54 Å². The van der Waals surface area contributed by atoms with Gasteiger partial charge in [-0.25, -0.2) is 4.39 Å². The third-order valence-corrected chi connectivity index (χ3v) is 3.58. The van der Waals surface area contributed by atoms with Gasteiger partial charge in [0.05, 0.1) is 10.8 Å². The minimum atomic E-state index is -0.498. The number of benzene rings is 2. The summed E-state index contributed by atoms with van der Waals surface area (Å²) in [5.74, 6) is -1.02. The first kappa shape index (κ1) is 16.6. The molecule has 0 saturated carbocycles. The van der Waals surface area contributed by atoms with Gasteiger partial charge >= 0.3 is 0 Å². The van der Waals surface area contributed by atoms with Crippen LogP contribution in [-0.2, 0) is 11.2 Å². The molecule has 0 aliphatic heterocycles. The maximum atomic E-state index is 13.1. The van der Waals surface area contributed by atoms with Crippen molar-refractivity contribution >= 4 is 11.6 Å². The summed E-state index contributed by atoms with van der Waals surface area (Å²) in [5.41, 5.74) is 1.35. The van der Waals surface area contributed by atoms with E-state index in [4.69, 9.17) is 0 Å². The fraction of sp³-hybridized carbons (Fsp3) is 0.235. The van der Waals surface area contributed by atoms with Gasteiger partial charge in [-0.3, -0.25) is 14.9 Å². The molecule has 0 unspecified atom stereocenters. The predicted molar refractivity (Wildman–Crippen MR) is 84.6 cm³/mol. The highest BCUT2D eigenvalue weighted by molar-refractivity contribution is 5.83. The quantitative estimate of drug-likeness (QED) is 0.657. The number of hydrogen-bond acceptors (Lipinski definition) is 3. The molecular weight excluding hydrogens is 299 g/mol. The molecule has 0 radical (unpaired) electrons. The van der Waals surface area contributed by atoms with Gasteiger partial charge < -0.3 is 5.32 Å². The first-order valence-corrected chi connectivity index (χ1v) is 7.24. The van der Waals surface area contributed by atoms with Crippen LogP contribution in [0, 0.1) is 15.9 Å². The van der Waals surface area contributed by atoms with E-state index in [1.807, 2.05) is 0 Å². The summed E-state index contributed by atoms with van der Waals surface area (Å²) in [6, 6.07) is 12.2. The Morgan fingerprint density at radius 1 is 1.26 bits per heavy atom. The van der Waals surface area contributed by atoms with Crippen molar-refractivity contribution in [1.29, 1.82) is 0 Å². The summed E-state index contributed by atoms with van der Waals surface area (Å²) in [6.07, 6.45) is 0.519. The molecule has 5 nitrogen and oxygen atoms in total. The number of nitrogens with one attached hydrogen (secondary N) is 1. The molecule has 2 rings (SSSR count). The maximum Gasteiger partial charge on any atom is 0.269 e. The summed E-state index contributed by atoms with van der Waals surface area (Å²) in [7, 11) is 0. The molecule has 1 N–H and O–H groups in total. The number of halogens is 1. The summed E-state index contributed by atoms with van der Waals surface area (Å²) in [5, 5.41) is 13.5. The first-order valence-electron chi connectivity index (χ1n) is 7.24. The van der Waals surface area contributed by atoms with Crippen molar-refractivity contribution < 1.29 is 14.1 Å². The molecule has 6 heteroatoms. The number of nitro groups is 1. The van der Waals surface area contributed by atoms with Gasteiger partial charge in [0.1, 0.15) is 5.82 Å². The first-order chi connectivity index (χ1) is 11.0. The van der Waals surface area contributed by atoms with Crippen LogP contribution >= 0.6 is 0 Å². The highest BCUT2D eigenvalue weighted by Crippen LogP contribution is 2.20. The summed E-state index contributed by atoms with van der Waals surface area (Å²) >= 11 is 0. The number of non-ortho nitro benzene ring substituents is 1. The number of amides is 1. The van der Waals surface area contributed by atoms with Crippen molar-refractivity contribution in [2.45, 2.75) is 19.3 Å². The lowest BCUT2D eigenvalue weighted by Crippen LogP contribution is -2.29. The molecule has 1 atom stereocenters. The number of carbonyl (C=O) groups excluding carboxylic acids is 1. The highest BCUT2D eigenvalue weighted by atomic mass is 19.1. The lowest BCUT2D eigenvalue weighted by Gasteiger charge is -2.12. The Bertz CT molecular complexity index is 718. The average molecular weight is 316 g/mol. The number of nitro benzene ring substituents is 1. The number of hydrogen-bond donors (Lipinski definition) is 1. The second-order valence-corrected chi connectivity index (χ2v) is 5.24.